The van der Waals surface area contributed by atoms with E-state index in [1.54, 1.807) is 24.4 Å². The second-order valence-electron chi connectivity index (χ2n) is 12.8. The van der Waals surface area contributed by atoms with Crippen molar-refractivity contribution in [2.24, 2.45) is 0 Å². The fourth-order valence-electron chi connectivity index (χ4n) is 7.83. The number of amides is 1. The van der Waals surface area contributed by atoms with Crippen LogP contribution >= 0.6 is 11.3 Å². The van der Waals surface area contributed by atoms with Crippen molar-refractivity contribution in [2.45, 2.75) is 50.6 Å². The van der Waals surface area contributed by atoms with Gasteiger partial charge in [-0.05, 0) is 85.4 Å². The van der Waals surface area contributed by atoms with E-state index in [-0.39, 0.29) is 41.3 Å². The van der Waals surface area contributed by atoms with E-state index < -0.39 is 5.76 Å². The van der Waals surface area contributed by atoms with Gasteiger partial charge in [0.15, 0.2) is 11.6 Å². The molecule has 0 bridgehead atoms. The topological polar surface area (TPSA) is 126 Å². The van der Waals surface area contributed by atoms with E-state index in [0.29, 0.717) is 54.0 Å². The molecule has 50 heavy (non-hydrogen) atoms. The molecular weight excluding hydrogens is 663 g/mol. The molecule has 4 aromatic heterocycles. The highest BCUT2D eigenvalue weighted by molar-refractivity contribution is 7.23. The van der Waals surface area contributed by atoms with E-state index in [4.69, 9.17) is 19.1 Å². The van der Waals surface area contributed by atoms with E-state index in [0.717, 1.165) is 56.6 Å². The van der Waals surface area contributed by atoms with Crippen LogP contribution in [0.3, 0.4) is 0 Å². The minimum Gasteiger partial charge on any atom is -0.493 e. The van der Waals surface area contributed by atoms with Gasteiger partial charge < -0.3 is 19.4 Å². The molecule has 3 aliphatic rings. The first kappa shape index (κ1) is 30.6. The SMILES string of the molecule is COc1c(F)ccc2c1CC[C@@H]2Nc1nccc2cc(-c3c4c(nc(CCc5ccc(F)cc5)c3-c3n[nH]c(=O)o3)[C@@H]3CCCN3C4=O)sc12. The largest absolute Gasteiger partial charge is 0.493 e. The summed E-state index contributed by atoms with van der Waals surface area (Å²) in [5.74, 6) is -0.523. The van der Waals surface area contributed by atoms with Crippen LogP contribution in [0.25, 0.3) is 32.0 Å². The Morgan fingerprint density at radius 2 is 1.92 bits per heavy atom. The summed E-state index contributed by atoms with van der Waals surface area (Å²) in [4.78, 5) is 39.0. The second kappa shape index (κ2) is 11.9. The zero-order chi connectivity index (χ0) is 34.1. The smallest absolute Gasteiger partial charge is 0.434 e. The van der Waals surface area contributed by atoms with Gasteiger partial charge in [0.1, 0.15) is 11.6 Å². The molecule has 0 spiro atoms. The molecular formula is C37H30F2N6O4S. The van der Waals surface area contributed by atoms with Crippen LogP contribution < -0.4 is 15.8 Å². The Morgan fingerprint density at radius 3 is 2.72 bits per heavy atom. The summed E-state index contributed by atoms with van der Waals surface area (Å²) in [5, 5.41) is 11.1. The quantitative estimate of drug-likeness (QED) is 0.172. The van der Waals surface area contributed by atoms with Gasteiger partial charge in [0.25, 0.3) is 11.8 Å². The van der Waals surface area contributed by atoms with Crippen molar-refractivity contribution in [3.63, 3.8) is 0 Å². The third kappa shape index (κ3) is 4.90. The maximum atomic E-state index is 14.5. The molecule has 0 radical (unpaired) electrons. The van der Waals surface area contributed by atoms with Crippen molar-refractivity contribution in [1.29, 1.82) is 0 Å². The third-order valence-electron chi connectivity index (χ3n) is 10.1. The third-order valence-corrected chi connectivity index (χ3v) is 11.2. The van der Waals surface area contributed by atoms with Crippen LogP contribution in [0.4, 0.5) is 14.6 Å². The summed E-state index contributed by atoms with van der Waals surface area (Å²) < 4.78 is 40.0. The normalized spacial score (nSPS) is 17.7. The average molecular weight is 693 g/mol. The minimum atomic E-state index is -0.719. The standard InChI is InChI=1S/C37H30F2N6O4S/c1-48-32-22-10-13-24(21(22)9-11-23(32)39)42-34-33-19(14-15-40-34)17-27(50-33)29-28(35-43-44-37(47)49-35)25(12-6-18-4-7-20(38)8-5-18)41-31-26-3-2-16-45(26)36(46)30(29)31/h4-5,7-9,11,14-15,17,24,26H,2-3,6,10,12-13,16H2,1H3,(H,40,42)(H,44,47)/t24-,26-/m0/s1. The molecule has 252 valence electrons. The number of anilines is 1. The monoisotopic (exact) mass is 692 g/mol. The van der Waals surface area contributed by atoms with Gasteiger partial charge >= 0.3 is 5.76 Å². The minimum absolute atomic E-state index is 0.0481. The Morgan fingerprint density at radius 1 is 1.06 bits per heavy atom. The molecule has 9 rings (SSSR count). The summed E-state index contributed by atoms with van der Waals surface area (Å²) >= 11 is 1.48. The Labute approximate surface area is 288 Å². The number of hydrogen-bond acceptors (Lipinski definition) is 9. The highest BCUT2D eigenvalue weighted by atomic mass is 32.1. The number of benzene rings is 2. The first-order valence-electron chi connectivity index (χ1n) is 16.6. The van der Waals surface area contributed by atoms with E-state index in [1.807, 2.05) is 17.0 Å². The maximum Gasteiger partial charge on any atom is 0.434 e. The van der Waals surface area contributed by atoms with Gasteiger partial charge in [-0.1, -0.05) is 18.2 Å². The second-order valence-corrected chi connectivity index (χ2v) is 13.9. The lowest BCUT2D eigenvalue weighted by Gasteiger charge is -2.16. The average Bonchev–Trinajstić information content (AvgIpc) is 3.96. The van der Waals surface area contributed by atoms with Crippen LogP contribution in [0.2, 0.25) is 0 Å². The van der Waals surface area contributed by atoms with Crippen molar-refractivity contribution in [2.75, 3.05) is 19.0 Å². The number of hydrogen-bond donors (Lipinski definition) is 2. The van der Waals surface area contributed by atoms with Gasteiger partial charge in [0.05, 0.1) is 46.4 Å². The number of carbonyl (C=O) groups excluding carboxylic acids is 1. The number of nitrogens with one attached hydrogen (secondary N) is 2. The predicted molar refractivity (Wildman–Crippen MR) is 183 cm³/mol. The summed E-state index contributed by atoms with van der Waals surface area (Å²) in [6.07, 6.45) is 5.82. The molecule has 1 aliphatic carbocycles. The molecule has 6 aromatic rings. The Kier molecular flexibility index (Phi) is 7.27. The number of aromatic amines is 1. The van der Waals surface area contributed by atoms with Gasteiger partial charge in [0.2, 0.25) is 0 Å². The Bertz CT molecular complexity index is 2390. The van der Waals surface area contributed by atoms with Crippen LogP contribution in [-0.4, -0.2) is 44.6 Å². The zero-order valence-electron chi connectivity index (χ0n) is 26.9. The van der Waals surface area contributed by atoms with E-state index >= 15 is 0 Å². The van der Waals surface area contributed by atoms with Crippen LogP contribution in [0.5, 0.6) is 5.75 Å². The first-order chi connectivity index (χ1) is 24.4. The number of fused-ring (bicyclic) bond motifs is 5. The van der Waals surface area contributed by atoms with E-state index in [9.17, 15) is 18.4 Å². The molecule has 1 fully saturated rings. The highest BCUT2D eigenvalue weighted by Crippen LogP contribution is 2.50. The lowest BCUT2D eigenvalue weighted by Crippen LogP contribution is -2.22. The van der Waals surface area contributed by atoms with Crippen molar-refractivity contribution in [3.05, 3.63) is 111 Å². The summed E-state index contributed by atoms with van der Waals surface area (Å²) in [6, 6.07) is 13.3. The van der Waals surface area contributed by atoms with Crippen LogP contribution in [0.15, 0.2) is 63.9 Å². The van der Waals surface area contributed by atoms with E-state index in [1.165, 1.54) is 36.6 Å². The first-order valence-corrected chi connectivity index (χ1v) is 17.4. The number of aryl methyl sites for hydroxylation is 2. The molecule has 0 unspecified atom stereocenters. The molecule has 10 nitrogen and oxygen atoms in total. The van der Waals surface area contributed by atoms with Crippen LogP contribution in [0, 0.1) is 11.6 Å². The van der Waals surface area contributed by atoms with Crippen molar-refractivity contribution in [3.8, 4) is 27.6 Å². The molecule has 2 aromatic carbocycles. The number of H-pyrrole nitrogens is 1. The fourth-order valence-corrected chi connectivity index (χ4v) is 8.99. The van der Waals surface area contributed by atoms with Crippen LogP contribution in [-0.2, 0) is 19.3 Å². The van der Waals surface area contributed by atoms with E-state index in [2.05, 4.69) is 15.5 Å². The molecule has 6 heterocycles. The summed E-state index contributed by atoms with van der Waals surface area (Å²) in [6.45, 7) is 0.638. The van der Waals surface area contributed by atoms with Gasteiger partial charge in [-0.2, -0.15) is 0 Å². The number of carbonyl (C=O) groups is 1. The maximum absolute atomic E-state index is 14.5. The molecule has 1 saturated heterocycles. The van der Waals surface area contributed by atoms with Gasteiger partial charge in [-0.3, -0.25) is 9.78 Å². The number of ether oxygens (including phenoxy) is 1. The summed E-state index contributed by atoms with van der Waals surface area (Å²) in [7, 11) is 1.48. The molecule has 0 saturated carbocycles. The number of thiophene rings is 1. The molecule has 2 aliphatic heterocycles. The number of pyridine rings is 2. The number of nitrogens with zero attached hydrogens (tertiary/aromatic N) is 4. The molecule has 13 heteroatoms. The van der Waals surface area contributed by atoms with Gasteiger partial charge in [0, 0.05) is 28.7 Å². The number of halogens is 2. The molecule has 2 atom stereocenters. The Balaban J connectivity index is 1.20. The summed E-state index contributed by atoms with van der Waals surface area (Å²) in [5.41, 5.74) is 5.69. The van der Waals surface area contributed by atoms with Crippen molar-refractivity contribution in [1.82, 2.24) is 25.1 Å². The van der Waals surface area contributed by atoms with Gasteiger partial charge in [-0.25, -0.2) is 23.7 Å². The number of methoxy groups -OCH3 is 1. The Hall–Kier alpha value is -5.43. The number of rotatable bonds is 8. The van der Waals surface area contributed by atoms with Crippen molar-refractivity contribution < 1.29 is 22.7 Å². The lowest BCUT2D eigenvalue weighted by atomic mass is 9.93. The molecule has 2 N–H and O–H groups in total. The van der Waals surface area contributed by atoms with Crippen molar-refractivity contribution >= 4 is 33.1 Å². The predicted octanol–water partition coefficient (Wildman–Crippen LogP) is 7.16. The van der Waals surface area contributed by atoms with Crippen LogP contribution in [0.1, 0.15) is 69.8 Å². The lowest BCUT2D eigenvalue weighted by molar-refractivity contribution is 0.0776. The molecule has 1 amide bonds. The highest BCUT2D eigenvalue weighted by Gasteiger charge is 2.45. The fraction of sp³-hybridized carbons (Fsp3) is 0.270. The number of aromatic nitrogens is 4. The van der Waals surface area contributed by atoms with Gasteiger partial charge in [-0.15, -0.1) is 16.4 Å². The zero-order valence-corrected chi connectivity index (χ0v) is 27.7.